The third kappa shape index (κ3) is 0. The van der Waals surface area contributed by atoms with Gasteiger partial charge in [0.1, 0.15) is 0 Å². The zero-order chi connectivity index (χ0) is 15.5. The molecule has 0 saturated carbocycles. The molecule has 0 saturated heterocycles. The van der Waals surface area contributed by atoms with E-state index >= 15 is 0 Å². The fourth-order valence-electron chi connectivity index (χ4n) is 0. The van der Waals surface area contributed by atoms with E-state index in [4.69, 9.17) is 1.37 Å². The van der Waals surface area contributed by atoms with Crippen LogP contribution >= 0.6 is 0 Å². The molecule has 0 unspecified atom stereocenters. The summed E-state index contributed by atoms with van der Waals surface area (Å²) in [6, 6.07) is 0. The van der Waals surface area contributed by atoms with Crippen LogP contribution in [0.4, 0.5) is 0 Å². The Balaban J connectivity index is -0.0000000215. The molecule has 0 aromatic carbocycles. The molecular formula is C16H44. The summed E-state index contributed by atoms with van der Waals surface area (Å²) < 4.78 is 5.75. The van der Waals surface area contributed by atoms with Gasteiger partial charge in [0, 0.05) is 1.37 Å². The molecule has 108 valence electrons. The summed E-state index contributed by atoms with van der Waals surface area (Å²) in [6.07, 6.45) is 6.25. The summed E-state index contributed by atoms with van der Waals surface area (Å²) in [7, 11) is 1.25. The van der Waals surface area contributed by atoms with Gasteiger partial charge in [-0.05, 0) is 0 Å². The molecule has 0 bridgehead atoms. The van der Waals surface area contributed by atoms with Crippen molar-refractivity contribution in [3.8, 4) is 0 Å². The molecule has 16 heavy (non-hydrogen) atoms. The zero-order valence-corrected chi connectivity index (χ0v) is 14.5. The van der Waals surface area contributed by atoms with E-state index in [0.717, 1.165) is 0 Å². The van der Waals surface area contributed by atoms with Crippen LogP contribution in [-0.4, -0.2) is 0 Å². The van der Waals surface area contributed by atoms with E-state index in [1.54, 1.807) is 0 Å². The monoisotopic (exact) mass is 237 g/mol. The molecule has 0 aromatic rings. The van der Waals surface area contributed by atoms with Crippen molar-refractivity contribution in [1.29, 1.82) is 0 Å². The van der Waals surface area contributed by atoms with Gasteiger partial charge in [0.15, 0.2) is 0 Å². The SMILES string of the molecule is CCC.CCC.CCC.CCC.CCC.[2H]C. The van der Waals surface area contributed by atoms with Crippen LogP contribution in [0.25, 0.3) is 0 Å². The third-order valence-electron chi connectivity index (χ3n) is 0. The predicted molar refractivity (Wildman–Crippen MR) is 86.6 cm³/mol. The first-order chi connectivity index (χ1) is 8.07. The van der Waals surface area contributed by atoms with E-state index in [9.17, 15) is 0 Å². The highest BCUT2D eigenvalue weighted by Crippen LogP contribution is 1.57. The summed E-state index contributed by atoms with van der Waals surface area (Å²) >= 11 is 0. The van der Waals surface area contributed by atoms with Crippen molar-refractivity contribution in [3.63, 3.8) is 0 Å². The number of rotatable bonds is 0. The Morgan fingerprint density at radius 1 is 0.438 bits per heavy atom. The molecule has 0 aliphatic carbocycles. The van der Waals surface area contributed by atoms with E-state index < -0.39 is 0 Å². The molecule has 0 spiro atoms. The molecule has 0 atom stereocenters. The Kier molecular flexibility index (Phi) is 219. The molecule has 0 aliphatic heterocycles. The number of hydrogen-bond donors (Lipinski definition) is 0. The lowest BCUT2D eigenvalue weighted by Crippen LogP contribution is -1.27. The molecule has 0 nitrogen and oxygen atoms in total. The summed E-state index contributed by atoms with van der Waals surface area (Å²) in [6.45, 7) is 21.2. The van der Waals surface area contributed by atoms with Crippen LogP contribution in [0.5, 0.6) is 0 Å². The van der Waals surface area contributed by atoms with Gasteiger partial charge in [-0.3, -0.25) is 0 Å². The van der Waals surface area contributed by atoms with Crippen LogP contribution in [0.2, 0.25) is 0 Å². The van der Waals surface area contributed by atoms with Gasteiger partial charge in [0.2, 0.25) is 0 Å². The second-order valence-electron chi connectivity index (χ2n) is 3.54. The van der Waals surface area contributed by atoms with Crippen LogP contribution in [0.15, 0.2) is 0 Å². The van der Waals surface area contributed by atoms with Crippen molar-refractivity contribution in [2.75, 3.05) is 0 Å². The largest absolute Gasteiger partial charge is 0.0776 e. The minimum atomic E-state index is 1.25. The topological polar surface area (TPSA) is 0 Å². The second kappa shape index (κ2) is 118. The first kappa shape index (κ1) is 29.8. The first-order valence-electron chi connectivity index (χ1n) is 8.07. The molecule has 0 amide bonds. The average molecular weight is 238 g/mol. The molecular weight excluding hydrogens is 192 g/mol. The molecule has 0 heteroatoms. The minimum Gasteiger partial charge on any atom is -0.0776 e. The Hall–Kier alpha value is 0. The normalized spacial score (nSPS) is 6.06. The molecule has 0 aliphatic rings. The van der Waals surface area contributed by atoms with Crippen molar-refractivity contribution in [2.45, 2.75) is 109 Å². The van der Waals surface area contributed by atoms with Gasteiger partial charge in [-0.2, -0.15) is 0 Å². The van der Waals surface area contributed by atoms with Crippen LogP contribution in [0.3, 0.4) is 0 Å². The predicted octanol–water partition coefficient (Wildman–Crippen LogP) is 7.72. The molecule has 0 N–H and O–H groups in total. The maximum Gasteiger partial charge on any atom is 0.0194 e. The van der Waals surface area contributed by atoms with Gasteiger partial charge in [-0.15, -0.1) is 0 Å². The Morgan fingerprint density at radius 2 is 0.438 bits per heavy atom. The van der Waals surface area contributed by atoms with Crippen LogP contribution in [-0.2, 0) is 0 Å². The second-order valence-corrected chi connectivity index (χ2v) is 3.54. The standard InChI is InChI=1S/5C3H8.CH4/c5*1-3-2;/h5*3H2,1-2H3;1H4/i;;;;;1D. The first-order valence-corrected chi connectivity index (χ1v) is 7.07. The van der Waals surface area contributed by atoms with E-state index in [-0.39, 0.29) is 0 Å². The van der Waals surface area contributed by atoms with Crippen molar-refractivity contribution >= 4 is 0 Å². The average Bonchev–Trinajstić information content (AvgIpc) is 2.25. The fraction of sp³-hybridized carbons (Fsp3) is 1.00. The van der Waals surface area contributed by atoms with Crippen molar-refractivity contribution < 1.29 is 1.37 Å². The lowest BCUT2D eigenvalue weighted by molar-refractivity contribution is 1.09. The lowest BCUT2D eigenvalue weighted by atomic mass is 10.6. The minimum absolute atomic E-state index is 1.25. The van der Waals surface area contributed by atoms with Gasteiger partial charge in [0.25, 0.3) is 0 Å². The number of hydrogen-bond acceptors (Lipinski definition) is 0. The van der Waals surface area contributed by atoms with Gasteiger partial charge >= 0.3 is 0 Å². The van der Waals surface area contributed by atoms with E-state index in [1.807, 2.05) is 0 Å². The summed E-state index contributed by atoms with van der Waals surface area (Å²) in [5.41, 5.74) is 0. The van der Waals surface area contributed by atoms with Crippen molar-refractivity contribution in [2.24, 2.45) is 0 Å². The molecule has 0 heterocycles. The van der Waals surface area contributed by atoms with E-state index in [0.29, 0.717) is 0 Å². The Bertz CT molecular complexity index is 17.1. The van der Waals surface area contributed by atoms with E-state index in [2.05, 4.69) is 69.2 Å². The van der Waals surface area contributed by atoms with Crippen molar-refractivity contribution in [1.82, 2.24) is 0 Å². The maximum absolute atomic E-state index is 5.75. The van der Waals surface area contributed by atoms with Crippen LogP contribution < -0.4 is 0 Å². The van der Waals surface area contributed by atoms with Crippen LogP contribution in [0.1, 0.15) is 110 Å². The summed E-state index contributed by atoms with van der Waals surface area (Å²) in [5.74, 6) is 0. The quantitative estimate of drug-likeness (QED) is 0.404. The highest BCUT2D eigenvalue weighted by molar-refractivity contribution is 3.93. The maximum atomic E-state index is 5.75. The van der Waals surface area contributed by atoms with Gasteiger partial charge in [0.05, 0.1) is 0 Å². The summed E-state index contributed by atoms with van der Waals surface area (Å²) in [4.78, 5) is 0. The lowest BCUT2D eigenvalue weighted by Gasteiger charge is -1.48. The zero-order valence-electron chi connectivity index (χ0n) is 15.5. The smallest absolute Gasteiger partial charge is 0.0194 e. The molecule has 0 aromatic heterocycles. The van der Waals surface area contributed by atoms with Crippen molar-refractivity contribution in [3.05, 3.63) is 0 Å². The Labute approximate surface area is 111 Å². The third-order valence-corrected chi connectivity index (χ3v) is 0. The highest BCUT2D eigenvalue weighted by atomic mass is 13.4. The van der Waals surface area contributed by atoms with Gasteiger partial charge < -0.3 is 0 Å². The van der Waals surface area contributed by atoms with E-state index in [1.165, 1.54) is 39.5 Å². The fourth-order valence-corrected chi connectivity index (χ4v) is 0. The highest BCUT2D eigenvalue weighted by Gasteiger charge is 1.36. The molecule has 0 radical (unpaired) electrons. The molecule has 0 fully saturated rings. The van der Waals surface area contributed by atoms with Crippen LogP contribution in [0, 0.1) is 0 Å². The Morgan fingerprint density at radius 3 is 0.438 bits per heavy atom. The summed E-state index contributed by atoms with van der Waals surface area (Å²) in [5, 5.41) is 0. The van der Waals surface area contributed by atoms with Gasteiger partial charge in [-0.25, -0.2) is 0 Å². The molecule has 0 rings (SSSR count). The van der Waals surface area contributed by atoms with Gasteiger partial charge in [-0.1, -0.05) is 109 Å².